The molecule has 0 N–H and O–H groups in total. The standard InChI is InChI=1S/C14H11ClF3N3O/c15-9-2-4-10(5-3-9)21-12(14(16,17)18)11(8-19-21)13(22)20-6-1-7-20/h2-5,8H,1,6-7H2. The van der Waals surface area contributed by atoms with Crippen LogP contribution in [0.2, 0.25) is 5.02 Å². The van der Waals surface area contributed by atoms with Gasteiger partial charge < -0.3 is 4.90 Å². The van der Waals surface area contributed by atoms with Crippen LogP contribution in [0.1, 0.15) is 22.5 Å². The maximum atomic E-state index is 13.4. The van der Waals surface area contributed by atoms with Crippen molar-refractivity contribution in [2.75, 3.05) is 13.1 Å². The summed E-state index contributed by atoms with van der Waals surface area (Å²) >= 11 is 5.74. The van der Waals surface area contributed by atoms with Crippen molar-refractivity contribution >= 4 is 17.5 Å². The molecule has 116 valence electrons. The molecule has 0 aliphatic carbocycles. The zero-order chi connectivity index (χ0) is 15.9. The third kappa shape index (κ3) is 2.56. The van der Waals surface area contributed by atoms with Gasteiger partial charge in [-0.25, -0.2) is 4.68 Å². The maximum Gasteiger partial charge on any atom is 0.434 e. The van der Waals surface area contributed by atoms with E-state index in [0.717, 1.165) is 17.3 Å². The van der Waals surface area contributed by atoms with Gasteiger partial charge in [-0.15, -0.1) is 0 Å². The molecule has 0 unspecified atom stereocenters. The summed E-state index contributed by atoms with van der Waals surface area (Å²) < 4.78 is 40.9. The van der Waals surface area contributed by atoms with E-state index in [2.05, 4.69) is 5.10 Å². The second kappa shape index (κ2) is 5.31. The van der Waals surface area contributed by atoms with Crippen molar-refractivity contribution in [1.82, 2.24) is 14.7 Å². The van der Waals surface area contributed by atoms with E-state index >= 15 is 0 Å². The third-order valence-corrected chi connectivity index (χ3v) is 3.73. The van der Waals surface area contributed by atoms with Crippen LogP contribution in [-0.2, 0) is 6.18 Å². The number of aromatic nitrogens is 2. The number of carbonyl (C=O) groups is 1. The lowest BCUT2D eigenvalue weighted by Crippen LogP contribution is -2.42. The summed E-state index contributed by atoms with van der Waals surface area (Å²) in [5, 5.41) is 4.15. The van der Waals surface area contributed by atoms with Gasteiger partial charge in [-0.2, -0.15) is 18.3 Å². The number of hydrogen-bond donors (Lipinski definition) is 0. The van der Waals surface area contributed by atoms with Crippen molar-refractivity contribution < 1.29 is 18.0 Å². The van der Waals surface area contributed by atoms with Gasteiger partial charge in [0.1, 0.15) is 0 Å². The minimum absolute atomic E-state index is 0.194. The minimum atomic E-state index is -4.69. The van der Waals surface area contributed by atoms with E-state index in [1.807, 2.05) is 0 Å². The maximum absolute atomic E-state index is 13.4. The molecular formula is C14H11ClF3N3O. The molecule has 0 atom stereocenters. The first-order chi connectivity index (χ1) is 10.4. The van der Waals surface area contributed by atoms with E-state index in [0.29, 0.717) is 18.1 Å². The predicted molar refractivity (Wildman–Crippen MR) is 74.1 cm³/mol. The molecule has 1 aliphatic rings. The van der Waals surface area contributed by atoms with E-state index in [1.54, 1.807) is 0 Å². The largest absolute Gasteiger partial charge is 0.434 e. The summed E-state index contributed by atoms with van der Waals surface area (Å²) in [6.45, 7) is 0.949. The van der Waals surface area contributed by atoms with E-state index in [9.17, 15) is 18.0 Å². The highest BCUT2D eigenvalue weighted by Gasteiger charge is 2.41. The lowest BCUT2D eigenvalue weighted by atomic mass is 10.1. The monoisotopic (exact) mass is 329 g/mol. The summed E-state index contributed by atoms with van der Waals surface area (Å²) in [7, 11) is 0. The average molecular weight is 330 g/mol. The Hall–Kier alpha value is -2.02. The molecule has 0 saturated carbocycles. The second-order valence-corrected chi connectivity index (χ2v) is 5.38. The van der Waals surface area contributed by atoms with Gasteiger partial charge in [-0.05, 0) is 30.7 Å². The van der Waals surface area contributed by atoms with Crippen LogP contribution in [0.25, 0.3) is 5.69 Å². The highest BCUT2D eigenvalue weighted by molar-refractivity contribution is 6.30. The molecule has 2 heterocycles. The van der Waals surface area contributed by atoms with E-state index in [-0.39, 0.29) is 5.69 Å². The number of likely N-dealkylation sites (tertiary alicyclic amines) is 1. The second-order valence-electron chi connectivity index (χ2n) is 4.94. The van der Waals surface area contributed by atoms with Crippen molar-refractivity contribution in [3.63, 3.8) is 0 Å². The van der Waals surface area contributed by atoms with Crippen LogP contribution in [0, 0.1) is 0 Å². The smallest absolute Gasteiger partial charge is 0.338 e. The van der Waals surface area contributed by atoms with Gasteiger partial charge in [0.05, 0.1) is 17.4 Å². The number of carbonyl (C=O) groups excluding carboxylic acids is 1. The summed E-state index contributed by atoms with van der Waals surface area (Å²) in [5.74, 6) is -0.640. The Labute approximate surface area is 129 Å². The van der Waals surface area contributed by atoms with Gasteiger partial charge in [0.15, 0.2) is 5.69 Å². The predicted octanol–water partition coefficient (Wildman–Crippen LogP) is 3.39. The molecule has 1 aromatic carbocycles. The topological polar surface area (TPSA) is 38.1 Å². The summed E-state index contributed by atoms with van der Waals surface area (Å²) in [6.07, 6.45) is -2.91. The average Bonchev–Trinajstić information content (AvgIpc) is 2.82. The van der Waals surface area contributed by atoms with E-state index < -0.39 is 23.3 Å². The molecular weight excluding hydrogens is 319 g/mol. The van der Waals surface area contributed by atoms with Gasteiger partial charge in [0.2, 0.25) is 0 Å². The molecule has 0 radical (unpaired) electrons. The zero-order valence-corrected chi connectivity index (χ0v) is 12.0. The van der Waals surface area contributed by atoms with Crippen molar-refractivity contribution in [2.45, 2.75) is 12.6 Å². The molecule has 0 bridgehead atoms. The molecule has 1 aromatic heterocycles. The quantitative estimate of drug-likeness (QED) is 0.847. The molecule has 1 aliphatic heterocycles. The molecule has 4 nitrogen and oxygen atoms in total. The zero-order valence-electron chi connectivity index (χ0n) is 11.3. The lowest BCUT2D eigenvalue weighted by molar-refractivity contribution is -0.143. The number of halogens is 4. The molecule has 0 spiro atoms. The van der Waals surface area contributed by atoms with Gasteiger partial charge in [-0.1, -0.05) is 11.6 Å². The van der Waals surface area contributed by atoms with Crippen LogP contribution in [0.5, 0.6) is 0 Å². The Morgan fingerprint density at radius 3 is 2.32 bits per heavy atom. The van der Waals surface area contributed by atoms with Gasteiger partial charge >= 0.3 is 6.18 Å². The first-order valence-corrected chi connectivity index (χ1v) is 6.96. The van der Waals surface area contributed by atoms with Crippen molar-refractivity contribution in [3.05, 3.63) is 46.7 Å². The van der Waals surface area contributed by atoms with Crippen LogP contribution in [0.3, 0.4) is 0 Å². The molecule has 22 heavy (non-hydrogen) atoms. The molecule has 3 rings (SSSR count). The minimum Gasteiger partial charge on any atom is -0.338 e. The summed E-state index contributed by atoms with van der Waals surface area (Å²) in [5.41, 5.74) is -1.30. The van der Waals surface area contributed by atoms with Crippen LogP contribution in [0.4, 0.5) is 13.2 Å². The highest BCUT2D eigenvalue weighted by atomic mass is 35.5. The van der Waals surface area contributed by atoms with Crippen LogP contribution in [-0.4, -0.2) is 33.7 Å². The number of amides is 1. The first kappa shape index (κ1) is 14.9. The SMILES string of the molecule is O=C(c1cnn(-c2ccc(Cl)cc2)c1C(F)(F)F)N1CCC1. The van der Waals surface area contributed by atoms with Crippen LogP contribution >= 0.6 is 11.6 Å². The summed E-state index contributed by atoms with van der Waals surface area (Å²) in [6, 6.07) is 5.77. The Morgan fingerprint density at radius 2 is 1.82 bits per heavy atom. The normalized spacial score (nSPS) is 14.8. The fourth-order valence-electron chi connectivity index (χ4n) is 2.25. The Kier molecular flexibility index (Phi) is 3.60. The number of hydrogen-bond acceptors (Lipinski definition) is 2. The number of alkyl halides is 3. The van der Waals surface area contributed by atoms with Gasteiger partial charge in [0.25, 0.3) is 5.91 Å². The third-order valence-electron chi connectivity index (χ3n) is 3.48. The highest BCUT2D eigenvalue weighted by Crippen LogP contribution is 2.34. The van der Waals surface area contributed by atoms with Crippen molar-refractivity contribution in [2.24, 2.45) is 0 Å². The van der Waals surface area contributed by atoms with Gasteiger partial charge in [0, 0.05) is 18.1 Å². The fraction of sp³-hybridized carbons (Fsp3) is 0.286. The molecule has 1 saturated heterocycles. The van der Waals surface area contributed by atoms with Crippen molar-refractivity contribution in [3.8, 4) is 5.69 Å². The fourth-order valence-corrected chi connectivity index (χ4v) is 2.37. The van der Waals surface area contributed by atoms with E-state index in [4.69, 9.17) is 11.6 Å². The van der Waals surface area contributed by atoms with E-state index in [1.165, 1.54) is 29.2 Å². The van der Waals surface area contributed by atoms with Crippen LogP contribution in [0.15, 0.2) is 30.5 Å². The van der Waals surface area contributed by atoms with Crippen molar-refractivity contribution in [1.29, 1.82) is 0 Å². The summed E-state index contributed by atoms with van der Waals surface area (Å²) in [4.78, 5) is 13.5. The Balaban J connectivity index is 2.09. The first-order valence-electron chi connectivity index (χ1n) is 6.58. The number of rotatable bonds is 2. The molecule has 2 aromatic rings. The molecule has 1 fully saturated rings. The Morgan fingerprint density at radius 1 is 1.18 bits per heavy atom. The Bertz CT molecular complexity index is 705. The van der Waals surface area contributed by atoms with Crippen LogP contribution < -0.4 is 0 Å². The number of benzene rings is 1. The lowest BCUT2D eigenvalue weighted by Gasteiger charge is -2.30. The van der Waals surface area contributed by atoms with Gasteiger partial charge in [-0.3, -0.25) is 4.79 Å². The molecule has 8 heteroatoms. The number of nitrogens with zero attached hydrogens (tertiary/aromatic N) is 3. The molecule has 1 amide bonds.